The molecule has 4 heteroatoms. The van der Waals surface area contributed by atoms with Crippen molar-refractivity contribution in [3.63, 3.8) is 0 Å². The number of hydrogen-bond donors (Lipinski definition) is 0. The summed E-state index contributed by atoms with van der Waals surface area (Å²) >= 11 is 0. The van der Waals surface area contributed by atoms with E-state index in [-0.39, 0.29) is 0 Å². The Labute approximate surface area is 253 Å². The number of nitrogens with zero attached hydrogens (tertiary/aromatic N) is 3. The van der Waals surface area contributed by atoms with Gasteiger partial charge in [0, 0.05) is 33.0 Å². The Balaban J connectivity index is 1.16. The standard InChI is InChI=1S/C40H25N3O/c1-2-13-30(14-3-1)43-35-19-8-7-18-34(35)42-40(43)27-23-21-26(22-24-27)28-11-10-12-29(25-28)38-39-37(31-15-4-6-17-33(31)41-38)32-16-5-9-20-36(32)44-39/h1-25H. The zero-order valence-electron chi connectivity index (χ0n) is 23.7. The van der Waals surface area contributed by atoms with E-state index in [1.807, 2.05) is 30.3 Å². The van der Waals surface area contributed by atoms with Crippen molar-refractivity contribution in [3.8, 4) is 39.5 Å². The van der Waals surface area contributed by atoms with Crippen molar-refractivity contribution in [3.05, 3.63) is 152 Å². The zero-order chi connectivity index (χ0) is 29.0. The SMILES string of the molecule is c1ccc(-n2c(-c3ccc(-c4cccc(-c5nc6ccccc6c6c5oc5ccccc56)c4)cc3)nc3ccccc32)cc1. The van der Waals surface area contributed by atoms with Crippen molar-refractivity contribution >= 4 is 43.9 Å². The first kappa shape index (κ1) is 24.6. The van der Waals surface area contributed by atoms with E-state index in [0.29, 0.717) is 0 Å². The molecule has 4 nitrogen and oxygen atoms in total. The second kappa shape index (κ2) is 9.79. The lowest BCUT2D eigenvalue weighted by atomic mass is 9.98. The average Bonchev–Trinajstić information content (AvgIpc) is 3.68. The number of benzene rings is 6. The molecule has 0 amide bonds. The Hall–Kier alpha value is -6.00. The maximum Gasteiger partial charge on any atom is 0.162 e. The van der Waals surface area contributed by atoms with Crippen molar-refractivity contribution in [2.24, 2.45) is 0 Å². The molecular weight excluding hydrogens is 538 g/mol. The number of pyridine rings is 1. The molecule has 3 aromatic heterocycles. The van der Waals surface area contributed by atoms with Crippen LogP contribution in [0.1, 0.15) is 0 Å². The van der Waals surface area contributed by atoms with Crippen LogP contribution in [0.15, 0.2) is 156 Å². The molecule has 0 saturated carbocycles. The average molecular weight is 564 g/mol. The van der Waals surface area contributed by atoms with Crippen LogP contribution >= 0.6 is 0 Å². The van der Waals surface area contributed by atoms with Crippen molar-refractivity contribution in [2.45, 2.75) is 0 Å². The van der Waals surface area contributed by atoms with Crippen LogP contribution in [0.25, 0.3) is 83.3 Å². The van der Waals surface area contributed by atoms with Gasteiger partial charge in [0.25, 0.3) is 0 Å². The van der Waals surface area contributed by atoms with Crippen molar-refractivity contribution in [2.75, 3.05) is 0 Å². The summed E-state index contributed by atoms with van der Waals surface area (Å²) in [6.45, 7) is 0. The zero-order valence-corrected chi connectivity index (χ0v) is 23.7. The van der Waals surface area contributed by atoms with Gasteiger partial charge in [0.2, 0.25) is 0 Å². The quantitative estimate of drug-likeness (QED) is 0.214. The predicted octanol–water partition coefficient (Wildman–Crippen LogP) is 10.5. The van der Waals surface area contributed by atoms with Crippen LogP contribution in [0.4, 0.5) is 0 Å². The molecule has 0 saturated heterocycles. The lowest BCUT2D eigenvalue weighted by Gasteiger charge is -2.11. The van der Waals surface area contributed by atoms with Gasteiger partial charge < -0.3 is 4.42 Å². The molecule has 0 aliphatic carbocycles. The summed E-state index contributed by atoms with van der Waals surface area (Å²) < 4.78 is 8.69. The van der Waals surface area contributed by atoms with E-state index < -0.39 is 0 Å². The maximum absolute atomic E-state index is 6.46. The third-order valence-electron chi connectivity index (χ3n) is 8.40. The monoisotopic (exact) mass is 563 g/mol. The Morgan fingerprint density at radius 2 is 1.16 bits per heavy atom. The largest absolute Gasteiger partial charge is 0.454 e. The summed E-state index contributed by atoms with van der Waals surface area (Å²) in [7, 11) is 0. The molecule has 44 heavy (non-hydrogen) atoms. The number of furan rings is 1. The molecule has 0 atom stereocenters. The smallest absolute Gasteiger partial charge is 0.162 e. The minimum Gasteiger partial charge on any atom is -0.454 e. The molecule has 3 heterocycles. The van der Waals surface area contributed by atoms with Gasteiger partial charge in [-0.3, -0.25) is 4.57 Å². The van der Waals surface area contributed by atoms with Gasteiger partial charge in [-0.15, -0.1) is 0 Å². The van der Waals surface area contributed by atoms with E-state index in [1.165, 1.54) is 0 Å². The summed E-state index contributed by atoms with van der Waals surface area (Å²) in [5.74, 6) is 0.922. The molecule has 206 valence electrons. The van der Waals surface area contributed by atoms with Gasteiger partial charge >= 0.3 is 0 Å². The Morgan fingerprint density at radius 3 is 2.02 bits per heavy atom. The molecule has 0 aliphatic rings. The van der Waals surface area contributed by atoms with Crippen molar-refractivity contribution < 1.29 is 4.42 Å². The van der Waals surface area contributed by atoms with Crippen LogP contribution in [-0.2, 0) is 0 Å². The van der Waals surface area contributed by atoms with Gasteiger partial charge in [-0.25, -0.2) is 9.97 Å². The fourth-order valence-electron chi connectivity index (χ4n) is 6.34. The van der Waals surface area contributed by atoms with E-state index in [9.17, 15) is 0 Å². The number of hydrogen-bond acceptors (Lipinski definition) is 3. The Bertz CT molecular complexity index is 2490. The molecular formula is C40H25N3O. The lowest BCUT2D eigenvalue weighted by Crippen LogP contribution is -1.97. The highest BCUT2D eigenvalue weighted by molar-refractivity contribution is 6.20. The van der Waals surface area contributed by atoms with Crippen LogP contribution in [-0.4, -0.2) is 14.5 Å². The van der Waals surface area contributed by atoms with Gasteiger partial charge in [0.15, 0.2) is 5.58 Å². The van der Waals surface area contributed by atoms with Crippen molar-refractivity contribution in [1.29, 1.82) is 0 Å². The number of rotatable bonds is 4. The minimum absolute atomic E-state index is 0.817. The predicted molar refractivity (Wildman–Crippen MR) is 180 cm³/mol. The molecule has 0 spiro atoms. The normalized spacial score (nSPS) is 11.6. The highest BCUT2D eigenvalue weighted by Gasteiger charge is 2.18. The van der Waals surface area contributed by atoms with Gasteiger partial charge in [0.1, 0.15) is 17.1 Å². The van der Waals surface area contributed by atoms with Gasteiger partial charge in [-0.2, -0.15) is 0 Å². The fourth-order valence-corrected chi connectivity index (χ4v) is 6.34. The number of para-hydroxylation sites is 5. The van der Waals surface area contributed by atoms with Gasteiger partial charge in [-0.1, -0.05) is 109 Å². The topological polar surface area (TPSA) is 43.9 Å². The maximum atomic E-state index is 6.46. The number of aromatic nitrogens is 3. The third kappa shape index (κ3) is 3.85. The summed E-state index contributed by atoms with van der Waals surface area (Å²) in [6.07, 6.45) is 0. The van der Waals surface area contributed by atoms with E-state index in [4.69, 9.17) is 14.4 Å². The fraction of sp³-hybridized carbons (Fsp3) is 0. The molecule has 0 bridgehead atoms. The second-order valence-electron chi connectivity index (χ2n) is 11.0. The molecule has 0 radical (unpaired) electrons. The first-order valence-corrected chi connectivity index (χ1v) is 14.8. The molecule has 9 aromatic rings. The van der Waals surface area contributed by atoms with Crippen LogP contribution in [0, 0.1) is 0 Å². The van der Waals surface area contributed by atoms with Crippen LogP contribution in [0.2, 0.25) is 0 Å². The molecule has 9 rings (SSSR count). The molecule has 0 N–H and O–H groups in total. The third-order valence-corrected chi connectivity index (χ3v) is 8.40. The molecule has 0 unspecified atom stereocenters. The van der Waals surface area contributed by atoms with Gasteiger partial charge in [-0.05, 0) is 53.6 Å². The summed E-state index contributed by atoms with van der Waals surface area (Å²) in [5.41, 5.74) is 11.0. The van der Waals surface area contributed by atoms with Gasteiger partial charge in [0.05, 0.1) is 16.6 Å². The first-order chi connectivity index (χ1) is 21.8. The summed E-state index contributed by atoms with van der Waals surface area (Å²) in [5, 5.41) is 3.32. The second-order valence-corrected chi connectivity index (χ2v) is 11.0. The Morgan fingerprint density at radius 1 is 0.477 bits per heavy atom. The summed E-state index contributed by atoms with van der Waals surface area (Å²) in [4.78, 5) is 10.1. The van der Waals surface area contributed by atoms with E-state index in [2.05, 4.69) is 126 Å². The van der Waals surface area contributed by atoms with Crippen LogP contribution < -0.4 is 0 Å². The molecule has 0 aliphatic heterocycles. The molecule has 6 aromatic carbocycles. The highest BCUT2D eigenvalue weighted by atomic mass is 16.3. The lowest BCUT2D eigenvalue weighted by molar-refractivity contribution is 0.669. The van der Waals surface area contributed by atoms with E-state index in [0.717, 1.165) is 83.3 Å². The van der Waals surface area contributed by atoms with Crippen LogP contribution in [0.5, 0.6) is 0 Å². The number of fused-ring (bicyclic) bond motifs is 6. The highest BCUT2D eigenvalue weighted by Crippen LogP contribution is 2.40. The Kier molecular flexibility index (Phi) is 5.47. The van der Waals surface area contributed by atoms with Crippen LogP contribution in [0.3, 0.4) is 0 Å². The first-order valence-electron chi connectivity index (χ1n) is 14.8. The number of imidazole rings is 1. The molecule has 0 fully saturated rings. The van der Waals surface area contributed by atoms with E-state index >= 15 is 0 Å². The summed E-state index contributed by atoms with van der Waals surface area (Å²) in [6, 6.07) is 52.5. The van der Waals surface area contributed by atoms with E-state index in [1.54, 1.807) is 0 Å². The van der Waals surface area contributed by atoms with Crippen molar-refractivity contribution in [1.82, 2.24) is 14.5 Å². The minimum atomic E-state index is 0.817.